The SMILES string of the molecule is COc1ccccc1N1C(=O)C(Nc2ccc3c(c2)OCO3)=C(c2ccc(C)c(C)c2)C1=O. The number of ether oxygens (including phenoxy) is 3. The lowest BCUT2D eigenvalue weighted by Gasteiger charge is -2.18. The molecule has 3 aromatic rings. The van der Waals surface area contributed by atoms with E-state index in [0.717, 1.165) is 16.0 Å². The van der Waals surface area contributed by atoms with Crippen LogP contribution in [0.25, 0.3) is 5.57 Å². The maximum absolute atomic E-state index is 13.7. The molecule has 0 aliphatic carbocycles. The van der Waals surface area contributed by atoms with Crippen molar-refractivity contribution in [2.45, 2.75) is 13.8 Å². The highest BCUT2D eigenvalue weighted by atomic mass is 16.7. The third kappa shape index (κ3) is 3.47. The molecule has 7 nitrogen and oxygen atoms in total. The predicted molar refractivity (Wildman–Crippen MR) is 125 cm³/mol. The van der Waals surface area contributed by atoms with Crippen LogP contribution in [0, 0.1) is 13.8 Å². The molecule has 0 spiro atoms. The van der Waals surface area contributed by atoms with E-state index in [2.05, 4.69) is 5.32 Å². The van der Waals surface area contributed by atoms with Crippen LogP contribution < -0.4 is 24.4 Å². The Kier molecular flexibility index (Phi) is 5.01. The van der Waals surface area contributed by atoms with E-state index in [1.807, 2.05) is 32.0 Å². The van der Waals surface area contributed by atoms with Gasteiger partial charge in [0, 0.05) is 11.8 Å². The van der Waals surface area contributed by atoms with Crippen LogP contribution in [0.4, 0.5) is 11.4 Å². The summed E-state index contributed by atoms with van der Waals surface area (Å²) in [6.45, 7) is 4.12. The van der Waals surface area contributed by atoms with Gasteiger partial charge in [0.15, 0.2) is 11.5 Å². The number of para-hydroxylation sites is 2. The van der Waals surface area contributed by atoms with Crippen LogP contribution in [-0.2, 0) is 9.59 Å². The average molecular weight is 442 g/mol. The van der Waals surface area contributed by atoms with E-state index in [1.54, 1.807) is 42.5 Å². The number of anilines is 2. The molecule has 0 aromatic heterocycles. The molecule has 0 fully saturated rings. The van der Waals surface area contributed by atoms with E-state index in [9.17, 15) is 9.59 Å². The minimum Gasteiger partial charge on any atom is -0.495 e. The lowest BCUT2D eigenvalue weighted by Crippen LogP contribution is -2.32. The summed E-state index contributed by atoms with van der Waals surface area (Å²) in [5.74, 6) is 0.759. The van der Waals surface area contributed by atoms with Crippen LogP contribution in [0.1, 0.15) is 16.7 Å². The lowest BCUT2D eigenvalue weighted by molar-refractivity contribution is -0.120. The molecule has 2 heterocycles. The Labute approximate surface area is 191 Å². The molecule has 2 amide bonds. The molecule has 3 aromatic carbocycles. The number of hydrogen-bond acceptors (Lipinski definition) is 6. The Hall–Kier alpha value is -4.26. The van der Waals surface area contributed by atoms with Crippen LogP contribution in [0.15, 0.2) is 66.4 Å². The summed E-state index contributed by atoms with van der Waals surface area (Å²) in [5.41, 5.74) is 4.27. The van der Waals surface area contributed by atoms with Crippen LogP contribution in [0.3, 0.4) is 0 Å². The van der Waals surface area contributed by atoms with Gasteiger partial charge in [0.25, 0.3) is 11.8 Å². The zero-order valence-corrected chi connectivity index (χ0v) is 18.5. The molecule has 1 N–H and O–H groups in total. The minimum absolute atomic E-state index is 0.147. The van der Waals surface area contributed by atoms with E-state index in [4.69, 9.17) is 14.2 Å². The molecule has 0 saturated carbocycles. The van der Waals surface area contributed by atoms with Crippen LogP contribution in [-0.4, -0.2) is 25.7 Å². The molecule has 7 heteroatoms. The third-order valence-electron chi connectivity index (χ3n) is 5.85. The Balaban J connectivity index is 1.63. The number of imide groups is 1. The lowest BCUT2D eigenvalue weighted by atomic mass is 9.99. The molecule has 0 radical (unpaired) electrons. The summed E-state index contributed by atoms with van der Waals surface area (Å²) in [6.07, 6.45) is 0. The highest BCUT2D eigenvalue weighted by Gasteiger charge is 2.41. The molecule has 5 rings (SSSR count). The molecule has 0 bridgehead atoms. The van der Waals surface area contributed by atoms with E-state index >= 15 is 0 Å². The van der Waals surface area contributed by atoms with Gasteiger partial charge in [-0.2, -0.15) is 0 Å². The van der Waals surface area contributed by atoms with Crippen molar-refractivity contribution in [3.05, 3.63) is 83.1 Å². The van der Waals surface area contributed by atoms with Crippen LogP contribution in [0.5, 0.6) is 17.2 Å². The van der Waals surface area contributed by atoms with Crippen molar-refractivity contribution in [2.24, 2.45) is 0 Å². The van der Waals surface area contributed by atoms with Crippen molar-refractivity contribution in [3.8, 4) is 17.2 Å². The van der Waals surface area contributed by atoms with Crippen molar-refractivity contribution in [1.29, 1.82) is 0 Å². The number of fused-ring (bicyclic) bond motifs is 1. The summed E-state index contributed by atoms with van der Waals surface area (Å²) in [5, 5.41) is 3.16. The largest absolute Gasteiger partial charge is 0.495 e. The summed E-state index contributed by atoms with van der Waals surface area (Å²) in [7, 11) is 1.51. The first-order valence-electron chi connectivity index (χ1n) is 10.5. The quantitative estimate of drug-likeness (QED) is 0.589. The number of benzene rings is 3. The normalized spacial score (nSPS) is 14.8. The van der Waals surface area contributed by atoms with Crippen molar-refractivity contribution >= 4 is 28.8 Å². The van der Waals surface area contributed by atoms with Gasteiger partial charge in [-0.1, -0.05) is 30.3 Å². The van der Waals surface area contributed by atoms with Crippen LogP contribution >= 0.6 is 0 Å². The second-order valence-corrected chi connectivity index (χ2v) is 7.86. The van der Waals surface area contributed by atoms with E-state index in [1.165, 1.54) is 7.11 Å². The van der Waals surface area contributed by atoms with Gasteiger partial charge in [-0.3, -0.25) is 9.59 Å². The Morgan fingerprint density at radius 1 is 0.879 bits per heavy atom. The third-order valence-corrected chi connectivity index (χ3v) is 5.85. The van der Waals surface area contributed by atoms with Gasteiger partial charge in [0.05, 0.1) is 18.4 Å². The molecule has 2 aliphatic heterocycles. The molecule has 166 valence electrons. The monoisotopic (exact) mass is 442 g/mol. The molecule has 0 saturated heterocycles. The predicted octanol–water partition coefficient (Wildman–Crippen LogP) is 4.44. The number of rotatable bonds is 5. The number of carbonyl (C=O) groups excluding carboxylic acids is 2. The number of carbonyl (C=O) groups is 2. The second-order valence-electron chi connectivity index (χ2n) is 7.86. The van der Waals surface area contributed by atoms with Crippen LogP contribution in [0.2, 0.25) is 0 Å². The van der Waals surface area contributed by atoms with Crippen molar-refractivity contribution in [1.82, 2.24) is 0 Å². The fourth-order valence-corrected chi connectivity index (χ4v) is 3.96. The van der Waals surface area contributed by atoms with Crippen molar-refractivity contribution in [3.63, 3.8) is 0 Å². The number of nitrogens with one attached hydrogen (secondary N) is 1. The molecular weight excluding hydrogens is 420 g/mol. The fraction of sp³-hybridized carbons (Fsp3) is 0.154. The molecule has 0 atom stereocenters. The first-order valence-corrected chi connectivity index (χ1v) is 10.5. The van der Waals surface area contributed by atoms with E-state index < -0.39 is 11.8 Å². The fourth-order valence-electron chi connectivity index (χ4n) is 3.96. The molecule has 2 aliphatic rings. The number of nitrogens with zero attached hydrogens (tertiary/aromatic N) is 1. The maximum atomic E-state index is 13.7. The highest BCUT2D eigenvalue weighted by molar-refractivity contribution is 6.46. The Bertz CT molecular complexity index is 1330. The first-order chi connectivity index (χ1) is 16.0. The minimum atomic E-state index is -0.463. The van der Waals surface area contributed by atoms with Gasteiger partial charge >= 0.3 is 0 Å². The van der Waals surface area contributed by atoms with Gasteiger partial charge in [0.1, 0.15) is 11.4 Å². The number of hydrogen-bond donors (Lipinski definition) is 1. The smallest absolute Gasteiger partial charge is 0.282 e. The van der Waals surface area contributed by atoms with Gasteiger partial charge in [-0.15, -0.1) is 0 Å². The van der Waals surface area contributed by atoms with Gasteiger partial charge in [0.2, 0.25) is 6.79 Å². The summed E-state index contributed by atoms with van der Waals surface area (Å²) < 4.78 is 16.2. The van der Waals surface area contributed by atoms with Crippen molar-refractivity contribution in [2.75, 3.05) is 24.1 Å². The molecular formula is C26H22N2O5. The van der Waals surface area contributed by atoms with E-state index in [-0.39, 0.29) is 12.5 Å². The zero-order chi connectivity index (χ0) is 23.1. The van der Waals surface area contributed by atoms with Gasteiger partial charge < -0.3 is 19.5 Å². The maximum Gasteiger partial charge on any atom is 0.282 e. The number of amides is 2. The zero-order valence-electron chi connectivity index (χ0n) is 18.5. The Morgan fingerprint density at radius 3 is 2.45 bits per heavy atom. The summed E-state index contributed by atoms with van der Waals surface area (Å²) in [6, 6.07) is 18.0. The first kappa shape index (κ1) is 20.6. The topological polar surface area (TPSA) is 77.1 Å². The molecule has 33 heavy (non-hydrogen) atoms. The Morgan fingerprint density at radius 2 is 1.67 bits per heavy atom. The van der Waals surface area contributed by atoms with Crippen molar-refractivity contribution < 1.29 is 23.8 Å². The van der Waals surface area contributed by atoms with Gasteiger partial charge in [-0.25, -0.2) is 4.90 Å². The highest BCUT2D eigenvalue weighted by Crippen LogP contribution is 2.39. The average Bonchev–Trinajstić information content (AvgIpc) is 3.38. The summed E-state index contributed by atoms with van der Waals surface area (Å²) >= 11 is 0. The molecule has 0 unspecified atom stereocenters. The second kappa shape index (κ2) is 8.02. The van der Waals surface area contributed by atoms with E-state index in [0.29, 0.717) is 39.8 Å². The number of methoxy groups -OCH3 is 1. The van der Waals surface area contributed by atoms with Gasteiger partial charge in [-0.05, 0) is 54.8 Å². The summed E-state index contributed by atoms with van der Waals surface area (Å²) in [4.78, 5) is 28.5. The number of aryl methyl sites for hydroxylation is 2. The standard InChI is InChI=1S/C26H22N2O5/c1-15-8-9-17(12-16(15)2)23-24(27-18-10-11-21-22(13-18)33-14-32-21)26(30)28(25(23)29)19-6-4-5-7-20(19)31-3/h4-13,27H,14H2,1-3H3.